The average molecular weight is 444 g/mol. The van der Waals surface area contributed by atoms with Crippen molar-refractivity contribution in [3.05, 3.63) is 46.4 Å². The lowest BCUT2D eigenvalue weighted by Gasteiger charge is -2.25. The van der Waals surface area contributed by atoms with Gasteiger partial charge >= 0.3 is 0 Å². The highest BCUT2D eigenvalue weighted by molar-refractivity contribution is 7.92. The number of halogens is 2. The first kappa shape index (κ1) is 18.8. The highest BCUT2D eigenvalue weighted by Gasteiger charge is 2.20. The number of fused-ring (bicyclic) bond motifs is 1. The van der Waals surface area contributed by atoms with Crippen molar-refractivity contribution in [1.29, 1.82) is 0 Å². The van der Waals surface area contributed by atoms with Crippen LogP contribution in [0.2, 0.25) is 10.0 Å². The molecular formula is C17H15Cl2N3O3S2. The van der Waals surface area contributed by atoms with Gasteiger partial charge in [0.25, 0.3) is 10.0 Å². The maximum atomic E-state index is 12.7. The van der Waals surface area contributed by atoms with Gasteiger partial charge in [0.2, 0.25) is 0 Å². The van der Waals surface area contributed by atoms with Gasteiger partial charge in [-0.15, -0.1) is 0 Å². The predicted octanol–water partition coefficient (Wildman–Crippen LogP) is 4.24. The molecule has 1 aliphatic heterocycles. The van der Waals surface area contributed by atoms with Crippen LogP contribution in [0.25, 0.3) is 10.2 Å². The number of morpholine rings is 1. The van der Waals surface area contributed by atoms with Crippen molar-refractivity contribution in [2.24, 2.45) is 0 Å². The van der Waals surface area contributed by atoms with E-state index in [9.17, 15) is 8.42 Å². The van der Waals surface area contributed by atoms with Crippen molar-refractivity contribution in [3.8, 4) is 0 Å². The summed E-state index contributed by atoms with van der Waals surface area (Å²) in [5, 5.41) is 1.32. The van der Waals surface area contributed by atoms with E-state index >= 15 is 0 Å². The van der Waals surface area contributed by atoms with Gasteiger partial charge in [0.1, 0.15) is 4.90 Å². The monoisotopic (exact) mass is 443 g/mol. The molecule has 1 fully saturated rings. The lowest BCUT2D eigenvalue weighted by atomic mass is 10.3. The molecule has 1 saturated heterocycles. The van der Waals surface area contributed by atoms with Crippen LogP contribution in [-0.2, 0) is 14.8 Å². The van der Waals surface area contributed by atoms with Crippen molar-refractivity contribution in [2.75, 3.05) is 35.9 Å². The zero-order chi connectivity index (χ0) is 19.0. The molecule has 0 unspecified atom stereocenters. The van der Waals surface area contributed by atoms with E-state index in [-0.39, 0.29) is 9.92 Å². The van der Waals surface area contributed by atoms with Crippen LogP contribution in [0.3, 0.4) is 0 Å². The topological polar surface area (TPSA) is 71.5 Å². The Morgan fingerprint density at radius 1 is 1.11 bits per heavy atom. The smallest absolute Gasteiger partial charge is 0.263 e. The lowest BCUT2D eigenvalue weighted by molar-refractivity contribution is 0.122. The van der Waals surface area contributed by atoms with Crippen LogP contribution in [-0.4, -0.2) is 39.7 Å². The molecule has 0 bridgehead atoms. The van der Waals surface area contributed by atoms with Crippen molar-refractivity contribution in [2.45, 2.75) is 4.90 Å². The Bertz CT molecular complexity index is 1100. The first-order valence-corrected chi connectivity index (χ1v) is 11.2. The van der Waals surface area contributed by atoms with E-state index in [0.717, 1.165) is 28.4 Å². The molecular weight excluding hydrogens is 429 g/mol. The molecule has 10 heteroatoms. The molecule has 2 heterocycles. The second-order valence-corrected chi connectivity index (χ2v) is 9.46. The molecule has 0 spiro atoms. The third kappa shape index (κ3) is 4.00. The second kappa shape index (κ2) is 7.44. The molecule has 0 radical (unpaired) electrons. The summed E-state index contributed by atoms with van der Waals surface area (Å²) in [7, 11) is -3.86. The first-order valence-electron chi connectivity index (χ1n) is 8.13. The molecule has 142 valence electrons. The fourth-order valence-corrected chi connectivity index (χ4v) is 5.63. The molecule has 4 rings (SSSR count). The normalized spacial score (nSPS) is 15.3. The zero-order valence-electron chi connectivity index (χ0n) is 14.0. The summed E-state index contributed by atoms with van der Waals surface area (Å²) in [5.41, 5.74) is 1.26. The highest BCUT2D eigenvalue weighted by Crippen LogP contribution is 2.32. The number of thiazole rings is 1. The fraction of sp³-hybridized carbons (Fsp3) is 0.235. The van der Waals surface area contributed by atoms with Crippen molar-refractivity contribution in [3.63, 3.8) is 0 Å². The van der Waals surface area contributed by atoms with Crippen LogP contribution in [0.15, 0.2) is 41.3 Å². The van der Waals surface area contributed by atoms with Gasteiger partial charge < -0.3 is 9.64 Å². The van der Waals surface area contributed by atoms with E-state index in [1.165, 1.54) is 23.5 Å². The number of ether oxygens (including phenoxy) is 1. The number of aromatic nitrogens is 1. The van der Waals surface area contributed by atoms with E-state index in [1.54, 1.807) is 24.3 Å². The third-order valence-electron chi connectivity index (χ3n) is 4.09. The number of hydrogen-bond donors (Lipinski definition) is 1. The van der Waals surface area contributed by atoms with Gasteiger partial charge in [-0.05, 0) is 36.4 Å². The summed E-state index contributed by atoms with van der Waals surface area (Å²) in [6.45, 7) is 2.96. The van der Waals surface area contributed by atoms with Gasteiger partial charge in [0, 0.05) is 18.1 Å². The summed E-state index contributed by atoms with van der Waals surface area (Å²) < 4.78 is 34.2. The standard InChI is InChI=1S/C17H15Cl2N3O3S2/c18-11-1-3-13(19)16(9-11)27(23,24)21-12-2-4-14-15(10-12)26-17(20-14)22-5-7-25-8-6-22/h1-4,9-10,21H,5-8H2. The summed E-state index contributed by atoms with van der Waals surface area (Å²) in [6.07, 6.45) is 0. The van der Waals surface area contributed by atoms with Crippen molar-refractivity contribution in [1.82, 2.24) is 4.98 Å². The molecule has 0 saturated carbocycles. The Morgan fingerprint density at radius 3 is 2.67 bits per heavy atom. The molecule has 0 atom stereocenters. The van der Waals surface area contributed by atoms with E-state index in [1.807, 2.05) is 0 Å². The maximum Gasteiger partial charge on any atom is 0.263 e. The number of nitrogens with zero attached hydrogens (tertiary/aromatic N) is 2. The maximum absolute atomic E-state index is 12.7. The van der Waals surface area contributed by atoms with Gasteiger partial charge in [-0.2, -0.15) is 0 Å². The zero-order valence-corrected chi connectivity index (χ0v) is 17.1. The third-order valence-corrected chi connectivity index (χ3v) is 7.27. The van der Waals surface area contributed by atoms with Crippen LogP contribution < -0.4 is 9.62 Å². The largest absolute Gasteiger partial charge is 0.378 e. The molecule has 1 aliphatic rings. The van der Waals surface area contributed by atoms with E-state index in [4.69, 9.17) is 27.9 Å². The molecule has 1 N–H and O–H groups in total. The average Bonchev–Trinajstić information content (AvgIpc) is 3.07. The SMILES string of the molecule is O=S(=O)(Nc1ccc2nc(N3CCOCC3)sc2c1)c1cc(Cl)ccc1Cl. The van der Waals surface area contributed by atoms with Crippen LogP contribution in [0.1, 0.15) is 0 Å². The molecule has 3 aromatic rings. The van der Waals surface area contributed by atoms with Gasteiger partial charge in [-0.25, -0.2) is 13.4 Å². The number of rotatable bonds is 4. The minimum atomic E-state index is -3.86. The van der Waals surface area contributed by atoms with Crippen LogP contribution in [0.5, 0.6) is 0 Å². The van der Waals surface area contributed by atoms with Gasteiger partial charge in [0.15, 0.2) is 5.13 Å². The van der Waals surface area contributed by atoms with Crippen LogP contribution in [0, 0.1) is 0 Å². The summed E-state index contributed by atoms with van der Waals surface area (Å²) in [4.78, 5) is 6.74. The quantitative estimate of drug-likeness (QED) is 0.652. The van der Waals surface area contributed by atoms with Crippen molar-refractivity contribution >= 4 is 65.6 Å². The number of nitrogens with one attached hydrogen (secondary N) is 1. The Balaban J connectivity index is 1.63. The van der Waals surface area contributed by atoms with Gasteiger partial charge in [-0.3, -0.25) is 4.72 Å². The summed E-state index contributed by atoms with van der Waals surface area (Å²) in [6, 6.07) is 9.58. The number of sulfonamides is 1. The molecule has 0 aliphatic carbocycles. The van der Waals surface area contributed by atoms with E-state index in [0.29, 0.717) is 23.9 Å². The Hall–Kier alpha value is -1.58. The summed E-state index contributed by atoms with van der Waals surface area (Å²) >= 11 is 13.5. The minimum absolute atomic E-state index is 0.0601. The first-order chi connectivity index (χ1) is 12.9. The van der Waals surface area contributed by atoms with Crippen molar-refractivity contribution < 1.29 is 13.2 Å². The second-order valence-electron chi connectivity index (χ2n) is 5.96. The van der Waals surface area contributed by atoms with Crippen LogP contribution >= 0.6 is 34.5 Å². The molecule has 0 amide bonds. The van der Waals surface area contributed by atoms with E-state index < -0.39 is 10.0 Å². The van der Waals surface area contributed by atoms with Crippen LogP contribution in [0.4, 0.5) is 10.8 Å². The Morgan fingerprint density at radius 2 is 1.89 bits per heavy atom. The number of hydrogen-bond acceptors (Lipinski definition) is 6. The molecule has 2 aromatic carbocycles. The molecule has 1 aromatic heterocycles. The summed E-state index contributed by atoms with van der Waals surface area (Å²) in [5.74, 6) is 0. The van der Waals surface area contributed by atoms with Gasteiger partial charge in [0.05, 0.1) is 34.1 Å². The van der Waals surface area contributed by atoms with Gasteiger partial charge in [-0.1, -0.05) is 34.5 Å². The number of anilines is 2. The Labute approximate surface area is 170 Å². The minimum Gasteiger partial charge on any atom is -0.378 e. The lowest BCUT2D eigenvalue weighted by Crippen LogP contribution is -2.36. The number of benzene rings is 2. The highest BCUT2D eigenvalue weighted by atomic mass is 35.5. The fourth-order valence-electron chi connectivity index (χ4n) is 2.76. The predicted molar refractivity (Wildman–Crippen MR) is 110 cm³/mol. The molecule has 27 heavy (non-hydrogen) atoms. The van der Waals surface area contributed by atoms with E-state index in [2.05, 4.69) is 14.6 Å². The molecule has 6 nitrogen and oxygen atoms in total. The Kier molecular flexibility index (Phi) is 5.17.